The van der Waals surface area contributed by atoms with Gasteiger partial charge in [0.15, 0.2) is 0 Å². The molecule has 0 bridgehead atoms. The molecule has 4 nitrogen and oxygen atoms in total. The Morgan fingerprint density at radius 1 is 1.32 bits per heavy atom. The third kappa shape index (κ3) is 3.97. The predicted molar refractivity (Wildman–Crippen MR) is 90.9 cm³/mol. The molecule has 0 radical (unpaired) electrons. The van der Waals surface area contributed by atoms with E-state index in [0.717, 1.165) is 43.0 Å². The number of hydrogen-bond acceptors (Lipinski definition) is 5. The fourth-order valence-electron chi connectivity index (χ4n) is 2.86. The zero-order valence-electron chi connectivity index (χ0n) is 12.5. The molecule has 2 aromatic rings. The molecule has 1 aliphatic heterocycles. The molecule has 1 aromatic carbocycles. The van der Waals surface area contributed by atoms with Gasteiger partial charge in [-0.25, -0.2) is 4.98 Å². The number of fused-ring (bicyclic) bond motifs is 1. The maximum atomic E-state index is 8.69. The van der Waals surface area contributed by atoms with Crippen molar-refractivity contribution < 1.29 is 9.84 Å². The monoisotopic (exact) mass is 340 g/mol. The molecule has 0 atom stereocenters. The summed E-state index contributed by atoms with van der Waals surface area (Å²) in [6, 6.07) is 5.94. The van der Waals surface area contributed by atoms with Crippen molar-refractivity contribution in [3.8, 4) is 0 Å². The Morgan fingerprint density at radius 3 is 2.91 bits per heavy atom. The van der Waals surface area contributed by atoms with Crippen LogP contribution in [0, 0.1) is 0 Å². The standard InChI is InChI=1S/C16H21ClN2O2S/c17-13-1-2-15-14(11-13)18-16(22-15)12-3-5-19(6-4-12)7-9-21-10-8-20/h1-2,11-12,20H,3-10H2. The quantitative estimate of drug-likeness (QED) is 0.821. The summed E-state index contributed by atoms with van der Waals surface area (Å²) >= 11 is 7.83. The van der Waals surface area contributed by atoms with Gasteiger partial charge in [-0.05, 0) is 44.1 Å². The molecule has 0 amide bonds. The van der Waals surface area contributed by atoms with Crippen molar-refractivity contribution in [1.29, 1.82) is 0 Å². The van der Waals surface area contributed by atoms with Crippen LogP contribution in [-0.4, -0.2) is 54.4 Å². The minimum atomic E-state index is 0.101. The van der Waals surface area contributed by atoms with Crippen LogP contribution >= 0.6 is 22.9 Å². The first-order valence-electron chi connectivity index (χ1n) is 7.73. The lowest BCUT2D eigenvalue weighted by molar-refractivity contribution is 0.0679. The van der Waals surface area contributed by atoms with Crippen LogP contribution < -0.4 is 0 Å². The van der Waals surface area contributed by atoms with E-state index in [0.29, 0.717) is 19.1 Å². The number of aliphatic hydroxyl groups excluding tert-OH is 1. The van der Waals surface area contributed by atoms with Crippen LogP contribution in [0.3, 0.4) is 0 Å². The number of hydrogen-bond donors (Lipinski definition) is 1. The first-order chi connectivity index (χ1) is 10.8. The Balaban J connectivity index is 1.54. The van der Waals surface area contributed by atoms with E-state index in [-0.39, 0.29) is 6.61 Å². The summed E-state index contributed by atoms with van der Waals surface area (Å²) in [5.41, 5.74) is 1.02. The molecule has 0 aliphatic carbocycles. The normalized spacial score (nSPS) is 17.4. The van der Waals surface area contributed by atoms with Gasteiger partial charge in [-0.3, -0.25) is 0 Å². The third-order valence-corrected chi connectivity index (χ3v) is 5.52. The Bertz CT molecular complexity index is 611. The summed E-state index contributed by atoms with van der Waals surface area (Å²) in [4.78, 5) is 7.20. The number of aliphatic hydroxyl groups is 1. The van der Waals surface area contributed by atoms with Gasteiger partial charge in [0.05, 0.1) is 35.0 Å². The van der Waals surface area contributed by atoms with E-state index < -0.39 is 0 Å². The lowest BCUT2D eigenvalue weighted by atomic mass is 9.97. The lowest BCUT2D eigenvalue weighted by Gasteiger charge is -2.30. The number of benzene rings is 1. The highest BCUT2D eigenvalue weighted by Crippen LogP contribution is 2.34. The Hall–Kier alpha value is -0.720. The van der Waals surface area contributed by atoms with Gasteiger partial charge in [0.2, 0.25) is 0 Å². The Kier molecular flexibility index (Phi) is 5.66. The summed E-state index contributed by atoms with van der Waals surface area (Å²) in [5, 5.41) is 10.7. The van der Waals surface area contributed by atoms with Gasteiger partial charge in [0.1, 0.15) is 0 Å². The predicted octanol–water partition coefficient (Wildman–Crippen LogP) is 3.14. The van der Waals surface area contributed by atoms with Crippen molar-refractivity contribution >= 4 is 33.2 Å². The fourth-order valence-corrected chi connectivity index (χ4v) is 4.14. The Morgan fingerprint density at radius 2 is 2.14 bits per heavy atom. The van der Waals surface area contributed by atoms with E-state index >= 15 is 0 Å². The summed E-state index contributed by atoms with van der Waals surface area (Å²) in [5.74, 6) is 0.561. The van der Waals surface area contributed by atoms with Gasteiger partial charge in [0.25, 0.3) is 0 Å². The molecule has 120 valence electrons. The molecular formula is C16H21ClN2O2S. The van der Waals surface area contributed by atoms with Gasteiger partial charge >= 0.3 is 0 Å². The van der Waals surface area contributed by atoms with E-state index in [2.05, 4.69) is 11.0 Å². The van der Waals surface area contributed by atoms with Gasteiger partial charge in [-0.15, -0.1) is 11.3 Å². The molecule has 22 heavy (non-hydrogen) atoms. The Labute approximate surface area is 139 Å². The van der Waals surface area contributed by atoms with Crippen LogP contribution in [0.5, 0.6) is 0 Å². The average Bonchev–Trinajstić information content (AvgIpc) is 2.95. The maximum absolute atomic E-state index is 8.69. The van der Waals surface area contributed by atoms with E-state index in [4.69, 9.17) is 26.4 Å². The lowest BCUT2D eigenvalue weighted by Crippen LogP contribution is -2.35. The summed E-state index contributed by atoms with van der Waals surface area (Å²) in [6.45, 7) is 4.36. The summed E-state index contributed by atoms with van der Waals surface area (Å²) in [7, 11) is 0. The molecule has 1 saturated heterocycles. The molecule has 0 saturated carbocycles. The second kappa shape index (κ2) is 7.70. The van der Waals surface area contributed by atoms with Crippen LogP contribution in [0.1, 0.15) is 23.8 Å². The van der Waals surface area contributed by atoms with Crippen molar-refractivity contribution in [1.82, 2.24) is 9.88 Å². The van der Waals surface area contributed by atoms with Crippen molar-refractivity contribution in [2.45, 2.75) is 18.8 Å². The largest absolute Gasteiger partial charge is 0.394 e. The fraction of sp³-hybridized carbons (Fsp3) is 0.562. The molecule has 2 heterocycles. The van der Waals surface area contributed by atoms with E-state index in [1.807, 2.05) is 12.1 Å². The molecule has 1 fully saturated rings. The highest BCUT2D eigenvalue weighted by molar-refractivity contribution is 7.18. The van der Waals surface area contributed by atoms with Crippen LogP contribution in [-0.2, 0) is 4.74 Å². The molecule has 3 rings (SSSR count). The number of likely N-dealkylation sites (tertiary alicyclic amines) is 1. The second-order valence-corrected chi connectivity index (χ2v) is 7.11. The molecule has 0 unspecified atom stereocenters. The molecular weight excluding hydrogens is 320 g/mol. The highest BCUT2D eigenvalue weighted by Gasteiger charge is 2.23. The summed E-state index contributed by atoms with van der Waals surface area (Å²) < 4.78 is 6.56. The minimum absolute atomic E-state index is 0.101. The van der Waals surface area contributed by atoms with E-state index in [1.165, 1.54) is 9.71 Å². The average molecular weight is 341 g/mol. The van der Waals surface area contributed by atoms with Crippen molar-refractivity contribution in [2.24, 2.45) is 0 Å². The van der Waals surface area contributed by atoms with Crippen molar-refractivity contribution in [3.05, 3.63) is 28.2 Å². The number of rotatable bonds is 6. The zero-order chi connectivity index (χ0) is 15.4. The number of thiazole rings is 1. The molecule has 1 N–H and O–H groups in total. The number of nitrogens with zero attached hydrogens (tertiary/aromatic N) is 2. The summed E-state index contributed by atoms with van der Waals surface area (Å²) in [6.07, 6.45) is 2.29. The number of ether oxygens (including phenoxy) is 1. The first-order valence-corrected chi connectivity index (χ1v) is 8.92. The number of piperidine rings is 1. The number of aromatic nitrogens is 1. The zero-order valence-corrected chi connectivity index (χ0v) is 14.1. The van der Waals surface area contributed by atoms with Crippen LogP contribution in [0.2, 0.25) is 5.02 Å². The maximum Gasteiger partial charge on any atom is 0.0970 e. The van der Waals surface area contributed by atoms with Gasteiger partial charge in [-0.2, -0.15) is 0 Å². The smallest absolute Gasteiger partial charge is 0.0970 e. The van der Waals surface area contributed by atoms with E-state index in [1.54, 1.807) is 11.3 Å². The topological polar surface area (TPSA) is 45.6 Å². The molecule has 1 aromatic heterocycles. The minimum Gasteiger partial charge on any atom is -0.394 e. The van der Waals surface area contributed by atoms with Crippen molar-refractivity contribution in [3.63, 3.8) is 0 Å². The van der Waals surface area contributed by atoms with Crippen LogP contribution in [0.15, 0.2) is 18.2 Å². The highest BCUT2D eigenvalue weighted by atomic mass is 35.5. The van der Waals surface area contributed by atoms with Gasteiger partial charge in [-0.1, -0.05) is 11.6 Å². The second-order valence-electron chi connectivity index (χ2n) is 5.62. The number of halogens is 1. The third-order valence-electron chi connectivity index (χ3n) is 4.09. The van der Waals surface area contributed by atoms with Gasteiger partial charge in [0, 0.05) is 17.5 Å². The molecule has 0 spiro atoms. The van der Waals surface area contributed by atoms with Gasteiger partial charge < -0.3 is 14.7 Å². The SMILES string of the molecule is OCCOCCN1CCC(c2nc3cc(Cl)ccc3s2)CC1. The molecule has 6 heteroatoms. The van der Waals surface area contributed by atoms with E-state index in [9.17, 15) is 0 Å². The molecule has 1 aliphatic rings. The van der Waals surface area contributed by atoms with Crippen LogP contribution in [0.25, 0.3) is 10.2 Å². The van der Waals surface area contributed by atoms with Crippen LogP contribution in [0.4, 0.5) is 0 Å². The first kappa shape index (κ1) is 16.1. The van der Waals surface area contributed by atoms with Crippen molar-refractivity contribution in [2.75, 3.05) is 39.5 Å².